The average Bonchev–Trinajstić information content (AvgIpc) is 3.09. The van der Waals surface area contributed by atoms with Crippen molar-refractivity contribution in [3.63, 3.8) is 0 Å². The van der Waals surface area contributed by atoms with Gasteiger partial charge >= 0.3 is 0 Å². The molecule has 4 nitrogen and oxygen atoms in total. The first kappa shape index (κ1) is 13.5. The van der Waals surface area contributed by atoms with Gasteiger partial charge in [0.25, 0.3) is 0 Å². The molecule has 0 aliphatic rings. The van der Waals surface area contributed by atoms with Crippen molar-refractivity contribution < 1.29 is 5.11 Å². The van der Waals surface area contributed by atoms with E-state index in [-0.39, 0.29) is 5.76 Å². The Bertz CT molecular complexity index is 787. The van der Waals surface area contributed by atoms with E-state index in [0.29, 0.717) is 5.70 Å². The van der Waals surface area contributed by atoms with E-state index in [1.165, 1.54) is 12.2 Å². The summed E-state index contributed by atoms with van der Waals surface area (Å²) in [6, 6.07) is 0. The molecule has 0 unspecified atom stereocenters. The van der Waals surface area contributed by atoms with Crippen LogP contribution in [0.4, 0.5) is 0 Å². The number of aliphatic hydroxyl groups is 1. The zero-order valence-corrected chi connectivity index (χ0v) is 11.2. The molecule has 0 atom stereocenters. The Morgan fingerprint density at radius 3 is 1.70 bits per heavy atom. The summed E-state index contributed by atoms with van der Waals surface area (Å²) in [4.78, 5) is 1.82. The first-order chi connectivity index (χ1) is 9.71. The van der Waals surface area contributed by atoms with Crippen molar-refractivity contribution >= 4 is 17.8 Å². The van der Waals surface area contributed by atoms with Gasteiger partial charge < -0.3 is 5.11 Å². The van der Waals surface area contributed by atoms with E-state index >= 15 is 0 Å². The SMILES string of the molecule is C=C/C=C(O)\C(=C/C=C)n1n2c(=C/C=C)/c(=C\C=C)n12. The fourth-order valence-electron chi connectivity index (χ4n) is 1.99. The summed E-state index contributed by atoms with van der Waals surface area (Å²) in [5.74, 6) is 0.116. The maximum atomic E-state index is 10.0. The fourth-order valence-corrected chi connectivity index (χ4v) is 1.99. The van der Waals surface area contributed by atoms with Crippen molar-refractivity contribution in [3.05, 3.63) is 79.2 Å². The lowest BCUT2D eigenvalue weighted by Gasteiger charge is -1.97. The van der Waals surface area contributed by atoms with Crippen LogP contribution in [-0.2, 0) is 0 Å². The van der Waals surface area contributed by atoms with Gasteiger partial charge in [-0.3, -0.25) is 0 Å². The highest BCUT2D eigenvalue weighted by Crippen LogP contribution is 2.15. The van der Waals surface area contributed by atoms with Crippen LogP contribution in [0.3, 0.4) is 0 Å². The summed E-state index contributed by atoms with van der Waals surface area (Å²) < 4.78 is 3.80. The highest BCUT2D eigenvalue weighted by atomic mass is 16.3. The van der Waals surface area contributed by atoms with Gasteiger partial charge in [-0.25, -0.2) is 0 Å². The number of hydrogen-bond donors (Lipinski definition) is 1. The van der Waals surface area contributed by atoms with Gasteiger partial charge in [-0.2, -0.15) is 0 Å². The van der Waals surface area contributed by atoms with Gasteiger partial charge in [0, 0.05) is 0 Å². The zero-order valence-electron chi connectivity index (χ0n) is 11.2. The number of hydrogen-bond acceptors (Lipinski definition) is 1. The summed E-state index contributed by atoms with van der Waals surface area (Å²) in [5, 5.41) is 12.0. The molecule has 0 radical (unpaired) electrons. The highest BCUT2D eigenvalue weighted by Gasteiger charge is 2.23. The van der Waals surface area contributed by atoms with Crippen LogP contribution < -0.4 is 10.7 Å². The quantitative estimate of drug-likeness (QED) is 0.629. The van der Waals surface area contributed by atoms with E-state index in [4.69, 9.17) is 0 Å². The van der Waals surface area contributed by atoms with Crippen LogP contribution in [0.15, 0.2) is 68.5 Å². The number of rotatable bonds is 6. The third-order valence-corrected chi connectivity index (χ3v) is 2.78. The second kappa shape index (κ2) is 5.40. The van der Waals surface area contributed by atoms with Gasteiger partial charge in [-0.1, -0.05) is 50.6 Å². The normalized spacial score (nSPS) is 15.2. The number of allylic oxidation sites excluding steroid dienone is 7. The van der Waals surface area contributed by atoms with Crippen LogP contribution in [-0.4, -0.2) is 19.2 Å². The predicted octanol–water partition coefficient (Wildman–Crippen LogP) is 1.87. The van der Waals surface area contributed by atoms with Gasteiger partial charge in [0.2, 0.25) is 0 Å². The van der Waals surface area contributed by atoms with Gasteiger partial charge in [0.15, 0.2) is 0 Å². The topological polar surface area (TPSA) is 34.0 Å². The number of aromatic nitrogens is 3. The van der Waals surface area contributed by atoms with Gasteiger partial charge in [-0.15, -0.1) is 14.1 Å². The Balaban J connectivity index is 2.65. The summed E-state index contributed by atoms with van der Waals surface area (Å²) in [5.41, 5.74) is 0.613. The van der Waals surface area contributed by atoms with Crippen LogP contribution in [0, 0.1) is 0 Å². The van der Waals surface area contributed by atoms with Gasteiger partial charge in [0.1, 0.15) is 22.2 Å². The molecule has 0 fully saturated rings. The van der Waals surface area contributed by atoms with Gasteiger partial charge in [0.05, 0.1) is 0 Å². The minimum atomic E-state index is 0.116. The second-order valence-corrected chi connectivity index (χ2v) is 4.02. The first-order valence-corrected chi connectivity index (χ1v) is 6.12. The van der Waals surface area contributed by atoms with Crippen LogP contribution in [0.1, 0.15) is 0 Å². The largest absolute Gasteiger partial charge is 0.506 e. The smallest absolute Gasteiger partial charge is 0.143 e. The minimum Gasteiger partial charge on any atom is -0.506 e. The van der Waals surface area contributed by atoms with Crippen molar-refractivity contribution in [2.75, 3.05) is 0 Å². The molecule has 0 aromatic carbocycles. The minimum absolute atomic E-state index is 0.116. The standard InChI is InChI=1S/C16H17N3O/c1-5-9-13-14(10-6-2)18-17(13)19(18)15(11-7-3)16(20)12-8-4/h5-12,20H,1-4H2/b13-9+,14-10+,15-11+,16-12+. The van der Waals surface area contributed by atoms with E-state index in [2.05, 4.69) is 26.3 Å². The molecule has 0 aliphatic heterocycles. The third-order valence-electron chi connectivity index (χ3n) is 2.78. The molecule has 0 bridgehead atoms. The van der Waals surface area contributed by atoms with Gasteiger partial charge in [-0.05, 0) is 24.3 Å². The molecule has 2 rings (SSSR count). The van der Waals surface area contributed by atoms with Crippen LogP contribution in [0.5, 0.6) is 0 Å². The maximum absolute atomic E-state index is 10.0. The van der Waals surface area contributed by atoms with Crippen molar-refractivity contribution in [2.45, 2.75) is 0 Å². The zero-order chi connectivity index (χ0) is 14.7. The van der Waals surface area contributed by atoms with Crippen molar-refractivity contribution in [1.82, 2.24) is 14.1 Å². The summed E-state index contributed by atoms with van der Waals surface area (Å²) >= 11 is 0. The average molecular weight is 267 g/mol. The molecule has 0 aliphatic carbocycles. The molecular formula is C16H17N3O. The molecular weight excluding hydrogens is 250 g/mol. The molecule has 4 heteroatoms. The van der Waals surface area contributed by atoms with Crippen LogP contribution in [0.2, 0.25) is 0 Å². The lowest BCUT2D eigenvalue weighted by atomic mass is 10.3. The summed E-state index contributed by atoms with van der Waals surface area (Å²) in [7, 11) is 0. The molecule has 2 aromatic rings. The lowest BCUT2D eigenvalue weighted by Crippen LogP contribution is -2.39. The molecule has 0 spiro atoms. The summed E-state index contributed by atoms with van der Waals surface area (Å²) in [6.45, 7) is 14.7. The summed E-state index contributed by atoms with van der Waals surface area (Å²) in [6.07, 6.45) is 13.6. The first-order valence-electron chi connectivity index (χ1n) is 6.12. The number of aliphatic hydroxyl groups excluding tert-OH is 1. The molecule has 1 N–H and O–H groups in total. The highest BCUT2D eigenvalue weighted by molar-refractivity contribution is 5.63. The number of nitrogens with zero attached hydrogens (tertiary/aromatic N) is 3. The van der Waals surface area contributed by atoms with Crippen LogP contribution >= 0.6 is 0 Å². The van der Waals surface area contributed by atoms with Crippen molar-refractivity contribution in [1.29, 1.82) is 0 Å². The molecule has 0 saturated heterocycles. The molecule has 2 heterocycles. The fraction of sp³-hybridized carbons (Fsp3) is 0. The Morgan fingerprint density at radius 1 is 0.800 bits per heavy atom. The lowest BCUT2D eigenvalue weighted by molar-refractivity contribution is 0.432. The molecule has 2 aromatic heterocycles. The second-order valence-electron chi connectivity index (χ2n) is 4.02. The maximum Gasteiger partial charge on any atom is 0.143 e. The van der Waals surface area contributed by atoms with E-state index in [0.717, 1.165) is 10.7 Å². The molecule has 0 amide bonds. The Hall–Kier alpha value is -2.88. The third kappa shape index (κ3) is 1.97. The molecule has 0 saturated carbocycles. The Morgan fingerprint density at radius 2 is 1.30 bits per heavy atom. The van der Waals surface area contributed by atoms with Crippen molar-refractivity contribution in [2.24, 2.45) is 0 Å². The predicted molar refractivity (Wildman–Crippen MR) is 84.0 cm³/mol. The monoisotopic (exact) mass is 267 g/mol. The van der Waals surface area contributed by atoms with E-state index in [1.807, 2.05) is 26.2 Å². The van der Waals surface area contributed by atoms with Crippen LogP contribution in [0.25, 0.3) is 17.8 Å². The Kier molecular flexibility index (Phi) is 3.66. The van der Waals surface area contributed by atoms with E-state index in [9.17, 15) is 5.11 Å². The molecule has 102 valence electrons. The molecule has 20 heavy (non-hydrogen) atoms. The van der Waals surface area contributed by atoms with E-state index in [1.54, 1.807) is 24.3 Å². The Labute approximate surface area is 117 Å². The van der Waals surface area contributed by atoms with E-state index < -0.39 is 0 Å². The number of fused-ring (bicyclic) bond motifs is 1. The van der Waals surface area contributed by atoms with Crippen molar-refractivity contribution in [3.8, 4) is 0 Å².